The Labute approximate surface area is 127 Å². The Kier molecular flexibility index (Phi) is 4.13. The number of carbonyl (C=O) groups is 1. The number of pyridine rings is 1. The van der Waals surface area contributed by atoms with Crippen LogP contribution in [0, 0.1) is 0 Å². The molecule has 0 radical (unpaired) electrons. The molecule has 22 heavy (non-hydrogen) atoms. The van der Waals surface area contributed by atoms with Crippen molar-refractivity contribution in [1.29, 1.82) is 0 Å². The summed E-state index contributed by atoms with van der Waals surface area (Å²) in [4.78, 5) is 26.2. The van der Waals surface area contributed by atoms with Gasteiger partial charge in [0.25, 0.3) is 5.91 Å². The Morgan fingerprint density at radius 1 is 1.27 bits per heavy atom. The molecule has 0 spiro atoms. The van der Waals surface area contributed by atoms with Gasteiger partial charge in [-0.2, -0.15) is 4.98 Å². The second-order valence-electron chi connectivity index (χ2n) is 4.88. The van der Waals surface area contributed by atoms with Crippen molar-refractivity contribution in [2.75, 3.05) is 20.2 Å². The molecule has 0 saturated carbocycles. The second kappa shape index (κ2) is 6.38. The van der Waals surface area contributed by atoms with E-state index in [0.717, 1.165) is 6.42 Å². The van der Waals surface area contributed by atoms with E-state index in [4.69, 9.17) is 9.47 Å². The highest BCUT2D eigenvalue weighted by Crippen LogP contribution is 2.18. The molecule has 0 bridgehead atoms. The summed E-state index contributed by atoms with van der Waals surface area (Å²) in [6.07, 6.45) is 3.91. The fourth-order valence-corrected chi connectivity index (χ4v) is 2.32. The lowest BCUT2D eigenvalue weighted by Gasteiger charge is -2.16. The molecule has 1 aliphatic rings. The van der Waals surface area contributed by atoms with Crippen LogP contribution in [0.3, 0.4) is 0 Å². The van der Waals surface area contributed by atoms with E-state index in [1.165, 1.54) is 13.3 Å². The molecule has 7 nitrogen and oxygen atoms in total. The van der Waals surface area contributed by atoms with Crippen molar-refractivity contribution in [1.82, 2.24) is 19.9 Å². The molecule has 0 aliphatic carbocycles. The second-order valence-corrected chi connectivity index (χ2v) is 4.88. The summed E-state index contributed by atoms with van der Waals surface area (Å²) in [5.74, 6) is 0.429. The summed E-state index contributed by atoms with van der Waals surface area (Å²) in [6, 6.07) is 7.27. The van der Waals surface area contributed by atoms with E-state index in [2.05, 4.69) is 15.0 Å². The summed E-state index contributed by atoms with van der Waals surface area (Å²) in [6.45, 7) is 1.14. The van der Waals surface area contributed by atoms with Crippen molar-refractivity contribution in [3.63, 3.8) is 0 Å². The van der Waals surface area contributed by atoms with Crippen molar-refractivity contribution < 1.29 is 14.3 Å². The highest BCUT2D eigenvalue weighted by molar-refractivity contribution is 5.92. The van der Waals surface area contributed by atoms with E-state index in [1.54, 1.807) is 23.2 Å². The first-order chi connectivity index (χ1) is 10.8. The number of amides is 1. The van der Waals surface area contributed by atoms with E-state index in [0.29, 0.717) is 24.7 Å². The number of aromatic nitrogens is 3. The third-order valence-electron chi connectivity index (χ3n) is 3.39. The molecular formula is C15H16N4O3. The van der Waals surface area contributed by atoms with Crippen molar-refractivity contribution in [2.45, 2.75) is 12.5 Å². The minimum atomic E-state index is -0.146. The SMILES string of the molecule is COc1nccc(C(=O)N2CCC(Oc3ccccn3)C2)n1. The molecule has 1 saturated heterocycles. The largest absolute Gasteiger partial charge is 0.472 e. The fraction of sp³-hybridized carbons (Fsp3) is 0.333. The highest BCUT2D eigenvalue weighted by atomic mass is 16.5. The maximum absolute atomic E-state index is 12.4. The van der Waals surface area contributed by atoms with Crippen molar-refractivity contribution in [3.8, 4) is 11.9 Å². The van der Waals surface area contributed by atoms with Gasteiger partial charge >= 0.3 is 6.01 Å². The molecule has 0 N–H and O–H groups in total. The predicted octanol–water partition coefficient (Wildman–Crippen LogP) is 1.17. The zero-order valence-electron chi connectivity index (χ0n) is 12.2. The third kappa shape index (κ3) is 3.13. The van der Waals surface area contributed by atoms with Crippen LogP contribution in [0.25, 0.3) is 0 Å². The first-order valence-electron chi connectivity index (χ1n) is 7.00. The molecule has 1 unspecified atom stereocenters. The van der Waals surface area contributed by atoms with Gasteiger partial charge in [-0.3, -0.25) is 4.79 Å². The van der Waals surface area contributed by atoms with Crippen LogP contribution >= 0.6 is 0 Å². The summed E-state index contributed by atoms with van der Waals surface area (Å²) in [5, 5.41) is 0. The zero-order valence-corrected chi connectivity index (χ0v) is 12.2. The Morgan fingerprint density at radius 3 is 2.95 bits per heavy atom. The molecule has 3 rings (SSSR count). The maximum atomic E-state index is 12.4. The Hall–Kier alpha value is -2.70. The smallest absolute Gasteiger partial charge is 0.316 e. The zero-order chi connectivity index (χ0) is 15.4. The number of nitrogens with zero attached hydrogens (tertiary/aromatic N) is 4. The number of rotatable bonds is 4. The minimum absolute atomic E-state index is 0.0532. The Balaban J connectivity index is 1.63. The van der Waals surface area contributed by atoms with Crippen LogP contribution in [0.1, 0.15) is 16.9 Å². The van der Waals surface area contributed by atoms with Crippen molar-refractivity contribution >= 4 is 5.91 Å². The van der Waals surface area contributed by atoms with Gasteiger partial charge in [0.05, 0.1) is 13.7 Å². The van der Waals surface area contributed by atoms with Gasteiger partial charge in [-0.1, -0.05) is 6.07 Å². The Bertz CT molecular complexity index is 650. The van der Waals surface area contributed by atoms with Gasteiger partial charge in [-0.05, 0) is 12.1 Å². The Morgan fingerprint density at radius 2 is 2.18 bits per heavy atom. The van der Waals surface area contributed by atoms with Crippen LogP contribution in [0.4, 0.5) is 0 Å². The number of carbonyl (C=O) groups excluding carboxylic acids is 1. The molecule has 1 fully saturated rings. The first-order valence-corrected chi connectivity index (χ1v) is 7.00. The lowest BCUT2D eigenvalue weighted by molar-refractivity contribution is 0.0764. The molecule has 2 aromatic heterocycles. The number of methoxy groups -OCH3 is 1. The third-order valence-corrected chi connectivity index (χ3v) is 3.39. The highest BCUT2D eigenvalue weighted by Gasteiger charge is 2.29. The maximum Gasteiger partial charge on any atom is 0.316 e. The fourth-order valence-electron chi connectivity index (χ4n) is 2.32. The van der Waals surface area contributed by atoms with Crippen LogP contribution in [-0.2, 0) is 0 Å². The monoisotopic (exact) mass is 300 g/mol. The topological polar surface area (TPSA) is 77.4 Å². The van der Waals surface area contributed by atoms with E-state index >= 15 is 0 Å². The van der Waals surface area contributed by atoms with Crippen LogP contribution < -0.4 is 9.47 Å². The summed E-state index contributed by atoms with van der Waals surface area (Å²) in [5.41, 5.74) is 0.324. The standard InChI is InChI=1S/C15H16N4O3/c1-21-15-17-8-5-12(18-15)14(20)19-9-6-11(10-19)22-13-4-2-3-7-16-13/h2-5,7-8,11H,6,9-10H2,1H3. The molecular weight excluding hydrogens is 284 g/mol. The van der Waals surface area contributed by atoms with Crippen LogP contribution in [-0.4, -0.2) is 52.1 Å². The van der Waals surface area contributed by atoms with Crippen molar-refractivity contribution in [3.05, 3.63) is 42.4 Å². The molecule has 0 aromatic carbocycles. The molecule has 1 atom stereocenters. The van der Waals surface area contributed by atoms with E-state index in [9.17, 15) is 4.79 Å². The summed E-state index contributed by atoms with van der Waals surface area (Å²) < 4.78 is 10.7. The van der Waals surface area contributed by atoms with Crippen LogP contribution in [0.2, 0.25) is 0 Å². The van der Waals surface area contributed by atoms with Crippen molar-refractivity contribution in [2.24, 2.45) is 0 Å². The van der Waals surface area contributed by atoms with Crippen LogP contribution in [0.15, 0.2) is 36.7 Å². The van der Waals surface area contributed by atoms with E-state index < -0.39 is 0 Å². The minimum Gasteiger partial charge on any atom is -0.472 e. The lowest BCUT2D eigenvalue weighted by Crippen LogP contribution is -2.31. The van der Waals surface area contributed by atoms with Gasteiger partial charge in [0.1, 0.15) is 11.8 Å². The molecule has 1 aliphatic heterocycles. The molecule has 7 heteroatoms. The number of ether oxygens (including phenoxy) is 2. The quantitative estimate of drug-likeness (QED) is 0.843. The number of likely N-dealkylation sites (tertiary alicyclic amines) is 1. The molecule has 3 heterocycles. The lowest BCUT2D eigenvalue weighted by atomic mass is 10.3. The average molecular weight is 300 g/mol. The van der Waals surface area contributed by atoms with Gasteiger partial charge in [-0.25, -0.2) is 9.97 Å². The normalized spacial score (nSPS) is 17.3. The number of hydrogen-bond donors (Lipinski definition) is 0. The molecule has 1 amide bonds. The van der Waals surface area contributed by atoms with Gasteiger partial charge in [0.15, 0.2) is 0 Å². The van der Waals surface area contributed by atoms with E-state index in [-0.39, 0.29) is 18.0 Å². The van der Waals surface area contributed by atoms with Gasteiger partial charge in [0, 0.05) is 31.4 Å². The van der Waals surface area contributed by atoms with Crippen LogP contribution in [0.5, 0.6) is 11.9 Å². The number of hydrogen-bond acceptors (Lipinski definition) is 6. The first kappa shape index (κ1) is 14.2. The summed E-state index contributed by atoms with van der Waals surface area (Å²) >= 11 is 0. The summed E-state index contributed by atoms with van der Waals surface area (Å²) in [7, 11) is 1.47. The predicted molar refractivity (Wildman–Crippen MR) is 77.8 cm³/mol. The molecule has 114 valence electrons. The molecule has 2 aromatic rings. The van der Waals surface area contributed by atoms with Gasteiger partial charge < -0.3 is 14.4 Å². The van der Waals surface area contributed by atoms with E-state index in [1.807, 2.05) is 12.1 Å². The van der Waals surface area contributed by atoms with Gasteiger partial charge in [0.2, 0.25) is 5.88 Å². The van der Waals surface area contributed by atoms with Gasteiger partial charge in [-0.15, -0.1) is 0 Å². The average Bonchev–Trinajstić information content (AvgIpc) is 3.03.